The summed E-state index contributed by atoms with van der Waals surface area (Å²) in [6.07, 6.45) is 0. The largest absolute Gasteiger partial charge is 0.300 e. The van der Waals surface area contributed by atoms with E-state index in [2.05, 4.69) is 20.2 Å². The number of aromatic nitrogens is 2. The quantitative estimate of drug-likeness (QED) is 0.549. The molecule has 7 nitrogen and oxygen atoms in total. The Kier molecular flexibility index (Phi) is 6.32. The van der Waals surface area contributed by atoms with Gasteiger partial charge in [-0.25, -0.2) is 8.42 Å². The lowest BCUT2D eigenvalue weighted by Crippen LogP contribution is -2.22. The number of thioether (sulfide) groups is 1. The third-order valence-electron chi connectivity index (χ3n) is 3.60. The molecule has 3 rings (SSSR count). The zero-order chi connectivity index (χ0) is 20.1. The van der Waals surface area contributed by atoms with Gasteiger partial charge in [0.1, 0.15) is 5.01 Å². The number of carbonyl (C=O) groups excluding carboxylic acids is 1. The molecule has 1 heterocycles. The first-order chi connectivity index (χ1) is 13.3. The van der Waals surface area contributed by atoms with Crippen molar-refractivity contribution in [2.24, 2.45) is 0 Å². The van der Waals surface area contributed by atoms with Crippen LogP contribution in [0.1, 0.15) is 11.9 Å². The van der Waals surface area contributed by atoms with Crippen molar-refractivity contribution in [1.82, 2.24) is 10.2 Å². The van der Waals surface area contributed by atoms with Crippen LogP contribution in [0.4, 0.5) is 10.8 Å². The Hall–Kier alpha value is -2.43. The average Bonchev–Trinajstić information content (AvgIpc) is 3.08. The van der Waals surface area contributed by atoms with E-state index in [9.17, 15) is 13.2 Å². The van der Waals surface area contributed by atoms with Crippen molar-refractivity contribution in [3.8, 4) is 0 Å². The van der Waals surface area contributed by atoms with Gasteiger partial charge in [-0.2, -0.15) is 0 Å². The van der Waals surface area contributed by atoms with Crippen molar-refractivity contribution >= 4 is 49.8 Å². The Morgan fingerprint density at radius 3 is 2.36 bits per heavy atom. The summed E-state index contributed by atoms with van der Waals surface area (Å²) in [5.74, 6) is -0.171. The van der Waals surface area contributed by atoms with Crippen molar-refractivity contribution in [2.75, 3.05) is 10.0 Å². The minimum atomic E-state index is -3.63. The molecule has 0 aliphatic carbocycles. The van der Waals surface area contributed by atoms with Crippen LogP contribution >= 0.6 is 23.1 Å². The van der Waals surface area contributed by atoms with Crippen LogP contribution in [0.25, 0.3) is 0 Å². The molecule has 1 amide bonds. The van der Waals surface area contributed by atoms with Crippen molar-refractivity contribution in [2.45, 2.75) is 28.9 Å². The molecular weight excluding hydrogens is 416 g/mol. The highest BCUT2D eigenvalue weighted by atomic mass is 32.2. The summed E-state index contributed by atoms with van der Waals surface area (Å²) >= 11 is 2.68. The zero-order valence-electron chi connectivity index (χ0n) is 15.1. The smallest absolute Gasteiger partial charge is 0.261 e. The summed E-state index contributed by atoms with van der Waals surface area (Å²) < 4.78 is 27.2. The van der Waals surface area contributed by atoms with E-state index in [4.69, 9.17) is 0 Å². The molecule has 0 spiro atoms. The fraction of sp³-hybridized carbons (Fsp3) is 0.167. The monoisotopic (exact) mass is 434 g/mol. The Morgan fingerprint density at radius 1 is 1.07 bits per heavy atom. The second-order valence-electron chi connectivity index (χ2n) is 5.82. The molecule has 0 fully saturated rings. The molecule has 2 N–H and O–H groups in total. The molecule has 2 aromatic carbocycles. The number of benzene rings is 2. The second-order valence-corrected chi connectivity index (χ2v) is 10.1. The van der Waals surface area contributed by atoms with Gasteiger partial charge < -0.3 is 0 Å². The Balaban J connectivity index is 1.60. The van der Waals surface area contributed by atoms with E-state index in [1.54, 1.807) is 49.4 Å². The fourth-order valence-corrected chi connectivity index (χ4v) is 4.77. The molecule has 28 heavy (non-hydrogen) atoms. The third-order valence-corrected chi connectivity index (χ3v) is 6.86. The van der Waals surface area contributed by atoms with Gasteiger partial charge in [0.05, 0.1) is 10.1 Å². The summed E-state index contributed by atoms with van der Waals surface area (Å²) in [5, 5.41) is 11.4. The molecule has 0 saturated carbocycles. The summed E-state index contributed by atoms with van der Waals surface area (Å²) in [7, 11) is -3.63. The Labute approximate surface area is 171 Å². The van der Waals surface area contributed by atoms with Gasteiger partial charge in [0.15, 0.2) is 0 Å². The maximum absolute atomic E-state index is 12.3. The van der Waals surface area contributed by atoms with E-state index in [1.807, 2.05) is 6.92 Å². The summed E-state index contributed by atoms with van der Waals surface area (Å²) in [6, 6.07) is 15.0. The number of nitrogens with one attached hydrogen (secondary N) is 2. The second kappa shape index (κ2) is 8.72. The lowest BCUT2D eigenvalue weighted by Gasteiger charge is -2.11. The van der Waals surface area contributed by atoms with E-state index < -0.39 is 10.0 Å². The Bertz CT molecular complexity index is 1050. The van der Waals surface area contributed by atoms with Crippen LogP contribution in [0.2, 0.25) is 0 Å². The third kappa shape index (κ3) is 5.31. The number of aryl methyl sites for hydroxylation is 1. The van der Waals surface area contributed by atoms with Crippen molar-refractivity contribution < 1.29 is 13.2 Å². The van der Waals surface area contributed by atoms with Crippen LogP contribution in [0, 0.1) is 6.92 Å². The van der Waals surface area contributed by atoms with Gasteiger partial charge in [-0.1, -0.05) is 29.5 Å². The van der Waals surface area contributed by atoms with Crippen LogP contribution < -0.4 is 10.0 Å². The van der Waals surface area contributed by atoms with Crippen LogP contribution in [0.15, 0.2) is 64.4 Å². The van der Waals surface area contributed by atoms with Crippen LogP contribution in [0.3, 0.4) is 0 Å². The van der Waals surface area contributed by atoms with Crippen molar-refractivity contribution in [3.05, 3.63) is 59.6 Å². The van der Waals surface area contributed by atoms with Crippen molar-refractivity contribution in [3.63, 3.8) is 0 Å². The SMILES string of the molecule is Cc1nnc(NC(=O)C(C)Sc2ccc(NS(=O)(=O)c3ccccc3)cc2)s1. The van der Waals surface area contributed by atoms with E-state index >= 15 is 0 Å². The summed E-state index contributed by atoms with van der Waals surface area (Å²) in [4.78, 5) is 13.3. The maximum Gasteiger partial charge on any atom is 0.261 e. The number of hydrogen-bond acceptors (Lipinski definition) is 7. The van der Waals surface area contributed by atoms with E-state index in [0.29, 0.717) is 10.8 Å². The van der Waals surface area contributed by atoms with Gasteiger partial charge in [0.2, 0.25) is 11.0 Å². The predicted octanol–water partition coefficient (Wildman–Crippen LogP) is 3.77. The first kappa shape index (κ1) is 20.3. The van der Waals surface area contributed by atoms with Crippen molar-refractivity contribution in [1.29, 1.82) is 0 Å². The van der Waals surface area contributed by atoms with Gasteiger partial charge >= 0.3 is 0 Å². The van der Waals surface area contributed by atoms with Crippen LogP contribution in [0.5, 0.6) is 0 Å². The molecular formula is C18H18N4O3S3. The maximum atomic E-state index is 12.3. The van der Waals surface area contributed by atoms with E-state index in [-0.39, 0.29) is 16.1 Å². The fourth-order valence-electron chi connectivity index (χ4n) is 2.23. The number of nitrogens with zero attached hydrogens (tertiary/aromatic N) is 2. The van der Waals surface area contributed by atoms with E-state index in [0.717, 1.165) is 9.90 Å². The molecule has 1 atom stereocenters. The Morgan fingerprint density at radius 2 is 1.75 bits per heavy atom. The average molecular weight is 435 g/mol. The topological polar surface area (TPSA) is 101 Å². The molecule has 1 aromatic heterocycles. The standard InChI is InChI=1S/C18H18N4O3S3/c1-12(17(23)19-18-21-20-13(2)27-18)26-15-10-8-14(9-11-15)22-28(24,25)16-6-4-3-5-7-16/h3-12,22H,1-2H3,(H,19,21,23). The highest BCUT2D eigenvalue weighted by molar-refractivity contribution is 8.00. The van der Waals surface area contributed by atoms with Gasteiger partial charge in [0.25, 0.3) is 10.0 Å². The van der Waals surface area contributed by atoms with Crippen LogP contribution in [-0.2, 0) is 14.8 Å². The molecule has 0 radical (unpaired) electrons. The molecule has 0 bridgehead atoms. The normalized spacial score (nSPS) is 12.4. The van der Waals surface area contributed by atoms with Crippen LogP contribution in [-0.4, -0.2) is 29.8 Å². The molecule has 3 aromatic rings. The highest BCUT2D eigenvalue weighted by Crippen LogP contribution is 2.27. The van der Waals surface area contributed by atoms with E-state index in [1.165, 1.54) is 35.2 Å². The van der Waals surface area contributed by atoms with Gasteiger partial charge in [0, 0.05) is 10.6 Å². The molecule has 0 aliphatic heterocycles. The number of amides is 1. The molecule has 10 heteroatoms. The first-order valence-electron chi connectivity index (χ1n) is 8.29. The highest BCUT2D eigenvalue weighted by Gasteiger charge is 2.17. The molecule has 146 valence electrons. The number of hydrogen-bond donors (Lipinski definition) is 2. The number of anilines is 2. The lowest BCUT2D eigenvalue weighted by atomic mass is 10.3. The summed E-state index contributed by atoms with van der Waals surface area (Å²) in [6.45, 7) is 3.61. The number of carbonyl (C=O) groups is 1. The minimum Gasteiger partial charge on any atom is -0.300 e. The molecule has 0 saturated heterocycles. The molecule has 1 unspecified atom stereocenters. The summed E-state index contributed by atoms with van der Waals surface area (Å²) in [5.41, 5.74) is 0.453. The zero-order valence-corrected chi connectivity index (χ0v) is 17.6. The minimum absolute atomic E-state index is 0.171. The number of rotatable bonds is 7. The first-order valence-corrected chi connectivity index (χ1v) is 11.5. The number of sulfonamides is 1. The predicted molar refractivity (Wildman–Crippen MR) is 112 cm³/mol. The lowest BCUT2D eigenvalue weighted by molar-refractivity contribution is -0.115. The molecule has 0 aliphatic rings. The van der Waals surface area contributed by atoms with Gasteiger partial charge in [-0.05, 0) is 50.2 Å². The van der Waals surface area contributed by atoms with Gasteiger partial charge in [-0.3, -0.25) is 14.8 Å². The van der Waals surface area contributed by atoms with Gasteiger partial charge in [-0.15, -0.1) is 22.0 Å².